The van der Waals surface area contributed by atoms with E-state index < -0.39 is 0 Å². The highest BCUT2D eigenvalue weighted by atomic mass is 32.1. The number of fused-ring (bicyclic) bond motifs is 1. The van der Waals surface area contributed by atoms with Crippen molar-refractivity contribution in [2.45, 2.75) is 12.5 Å². The Hall–Kier alpha value is -2.24. The SMILES string of the molecule is NC(CC(=O)Nc1ccc2cnccc2c1)c1ccsc1. The van der Waals surface area contributed by atoms with Crippen molar-refractivity contribution in [1.82, 2.24) is 4.98 Å². The van der Waals surface area contributed by atoms with E-state index in [-0.39, 0.29) is 18.4 Å². The van der Waals surface area contributed by atoms with Crippen LogP contribution in [0.15, 0.2) is 53.5 Å². The number of carbonyl (C=O) groups is 1. The molecule has 5 heteroatoms. The molecule has 0 bridgehead atoms. The number of nitrogens with one attached hydrogen (secondary N) is 1. The first-order valence-electron chi connectivity index (χ1n) is 6.64. The fraction of sp³-hybridized carbons (Fsp3) is 0.125. The third-order valence-corrected chi connectivity index (χ3v) is 4.00. The monoisotopic (exact) mass is 297 g/mol. The van der Waals surface area contributed by atoms with Crippen molar-refractivity contribution < 1.29 is 4.79 Å². The Labute approximate surface area is 126 Å². The van der Waals surface area contributed by atoms with E-state index in [1.54, 1.807) is 23.7 Å². The van der Waals surface area contributed by atoms with Crippen LogP contribution in [0.2, 0.25) is 0 Å². The molecule has 2 heterocycles. The van der Waals surface area contributed by atoms with E-state index in [1.807, 2.05) is 41.1 Å². The van der Waals surface area contributed by atoms with Gasteiger partial charge in [0.15, 0.2) is 0 Å². The van der Waals surface area contributed by atoms with Crippen LogP contribution in [0.25, 0.3) is 10.8 Å². The lowest BCUT2D eigenvalue weighted by molar-refractivity contribution is -0.116. The summed E-state index contributed by atoms with van der Waals surface area (Å²) in [6, 6.07) is 9.36. The highest BCUT2D eigenvalue weighted by molar-refractivity contribution is 7.07. The molecule has 3 N–H and O–H groups in total. The highest BCUT2D eigenvalue weighted by Crippen LogP contribution is 2.20. The quantitative estimate of drug-likeness (QED) is 0.776. The lowest BCUT2D eigenvalue weighted by Crippen LogP contribution is -2.20. The van der Waals surface area contributed by atoms with Crippen molar-refractivity contribution in [3.63, 3.8) is 0 Å². The lowest BCUT2D eigenvalue weighted by Gasteiger charge is -2.11. The molecule has 0 aliphatic rings. The number of aromatic nitrogens is 1. The Balaban J connectivity index is 1.68. The normalized spacial score (nSPS) is 12.2. The van der Waals surface area contributed by atoms with E-state index >= 15 is 0 Å². The van der Waals surface area contributed by atoms with E-state index in [2.05, 4.69) is 10.3 Å². The number of carbonyl (C=O) groups excluding carboxylic acids is 1. The van der Waals surface area contributed by atoms with Gasteiger partial charge in [0, 0.05) is 35.9 Å². The molecule has 1 amide bonds. The van der Waals surface area contributed by atoms with E-state index in [9.17, 15) is 4.79 Å². The average molecular weight is 297 g/mol. The Morgan fingerprint density at radius 2 is 2.19 bits per heavy atom. The molecule has 106 valence electrons. The number of benzene rings is 1. The van der Waals surface area contributed by atoms with Gasteiger partial charge < -0.3 is 11.1 Å². The Morgan fingerprint density at radius 3 is 3.00 bits per heavy atom. The minimum atomic E-state index is -0.263. The van der Waals surface area contributed by atoms with Crippen LogP contribution < -0.4 is 11.1 Å². The molecular formula is C16H15N3OS. The molecule has 2 aromatic heterocycles. The van der Waals surface area contributed by atoms with Crippen LogP contribution in [0.3, 0.4) is 0 Å². The zero-order chi connectivity index (χ0) is 14.7. The third-order valence-electron chi connectivity index (χ3n) is 3.30. The molecule has 0 saturated carbocycles. The molecule has 4 nitrogen and oxygen atoms in total. The van der Waals surface area contributed by atoms with Gasteiger partial charge in [-0.15, -0.1) is 0 Å². The van der Waals surface area contributed by atoms with Crippen molar-refractivity contribution in [3.8, 4) is 0 Å². The number of hydrogen-bond donors (Lipinski definition) is 2. The molecule has 1 atom stereocenters. The topological polar surface area (TPSA) is 68.0 Å². The third kappa shape index (κ3) is 3.26. The number of rotatable bonds is 4. The second-order valence-electron chi connectivity index (χ2n) is 4.85. The van der Waals surface area contributed by atoms with Crippen LogP contribution in [0.1, 0.15) is 18.0 Å². The molecule has 0 saturated heterocycles. The molecular weight excluding hydrogens is 282 g/mol. The molecule has 0 aliphatic heterocycles. The smallest absolute Gasteiger partial charge is 0.226 e. The van der Waals surface area contributed by atoms with Crippen molar-refractivity contribution in [1.29, 1.82) is 0 Å². The van der Waals surface area contributed by atoms with Gasteiger partial charge in [-0.25, -0.2) is 0 Å². The van der Waals surface area contributed by atoms with E-state index in [0.717, 1.165) is 22.0 Å². The number of nitrogens with two attached hydrogens (primary N) is 1. The molecule has 1 aromatic carbocycles. The van der Waals surface area contributed by atoms with Gasteiger partial charge in [0.25, 0.3) is 0 Å². The van der Waals surface area contributed by atoms with Crippen LogP contribution in [0.5, 0.6) is 0 Å². The van der Waals surface area contributed by atoms with Crippen LogP contribution in [0, 0.1) is 0 Å². The molecule has 21 heavy (non-hydrogen) atoms. The molecule has 3 aromatic rings. The van der Waals surface area contributed by atoms with Gasteiger partial charge >= 0.3 is 0 Å². The summed E-state index contributed by atoms with van der Waals surface area (Å²) >= 11 is 1.58. The van der Waals surface area contributed by atoms with Gasteiger partial charge in [-0.3, -0.25) is 9.78 Å². The summed E-state index contributed by atoms with van der Waals surface area (Å²) in [7, 11) is 0. The molecule has 0 radical (unpaired) electrons. The minimum absolute atomic E-state index is 0.0814. The number of nitrogens with zero attached hydrogens (tertiary/aromatic N) is 1. The second-order valence-corrected chi connectivity index (χ2v) is 5.63. The molecule has 0 spiro atoms. The molecule has 0 fully saturated rings. The molecule has 1 unspecified atom stereocenters. The van der Waals surface area contributed by atoms with Crippen molar-refractivity contribution in [2.24, 2.45) is 5.73 Å². The number of hydrogen-bond acceptors (Lipinski definition) is 4. The fourth-order valence-electron chi connectivity index (χ4n) is 2.18. The van der Waals surface area contributed by atoms with E-state index in [4.69, 9.17) is 5.73 Å². The van der Waals surface area contributed by atoms with Gasteiger partial charge in [0.1, 0.15) is 0 Å². The van der Waals surface area contributed by atoms with Crippen molar-refractivity contribution in [3.05, 3.63) is 59.0 Å². The van der Waals surface area contributed by atoms with Gasteiger partial charge in [0.05, 0.1) is 0 Å². The Bertz CT molecular complexity index is 755. The largest absolute Gasteiger partial charge is 0.326 e. The number of pyridine rings is 1. The molecule has 0 aliphatic carbocycles. The standard InChI is InChI=1S/C16H15N3OS/c17-15(13-4-6-21-10-13)8-16(20)19-14-2-1-12-9-18-5-3-11(12)7-14/h1-7,9-10,15H,8,17H2,(H,19,20). The average Bonchev–Trinajstić information content (AvgIpc) is 3.01. The van der Waals surface area contributed by atoms with Gasteiger partial charge in [-0.1, -0.05) is 6.07 Å². The van der Waals surface area contributed by atoms with Gasteiger partial charge in [-0.2, -0.15) is 11.3 Å². The van der Waals surface area contributed by atoms with Crippen LogP contribution in [-0.4, -0.2) is 10.9 Å². The summed E-state index contributed by atoms with van der Waals surface area (Å²) in [6.45, 7) is 0. The Morgan fingerprint density at radius 1 is 1.29 bits per heavy atom. The first-order valence-corrected chi connectivity index (χ1v) is 7.58. The fourth-order valence-corrected chi connectivity index (χ4v) is 2.90. The Kier molecular flexibility index (Phi) is 3.94. The predicted molar refractivity (Wildman–Crippen MR) is 86.2 cm³/mol. The lowest BCUT2D eigenvalue weighted by atomic mass is 10.1. The summed E-state index contributed by atoms with van der Waals surface area (Å²) in [5, 5.41) is 8.92. The zero-order valence-electron chi connectivity index (χ0n) is 11.3. The summed E-state index contributed by atoms with van der Waals surface area (Å²) in [6.07, 6.45) is 3.80. The first-order chi connectivity index (χ1) is 10.2. The van der Waals surface area contributed by atoms with E-state index in [1.165, 1.54) is 0 Å². The van der Waals surface area contributed by atoms with Crippen molar-refractivity contribution >= 4 is 33.7 Å². The minimum Gasteiger partial charge on any atom is -0.326 e. The predicted octanol–water partition coefficient (Wildman–Crippen LogP) is 3.32. The summed E-state index contributed by atoms with van der Waals surface area (Å²) in [5.41, 5.74) is 7.80. The van der Waals surface area contributed by atoms with Gasteiger partial charge in [-0.05, 0) is 46.0 Å². The maximum absolute atomic E-state index is 12.1. The second kappa shape index (κ2) is 6.03. The maximum atomic E-state index is 12.1. The molecule has 3 rings (SSSR count). The zero-order valence-corrected chi connectivity index (χ0v) is 12.1. The van der Waals surface area contributed by atoms with E-state index in [0.29, 0.717) is 0 Å². The summed E-state index contributed by atoms with van der Waals surface area (Å²) < 4.78 is 0. The van der Waals surface area contributed by atoms with Crippen LogP contribution >= 0.6 is 11.3 Å². The highest BCUT2D eigenvalue weighted by Gasteiger charge is 2.12. The van der Waals surface area contributed by atoms with Crippen LogP contribution in [0.4, 0.5) is 5.69 Å². The summed E-state index contributed by atoms with van der Waals surface area (Å²) in [4.78, 5) is 16.1. The van der Waals surface area contributed by atoms with Crippen LogP contribution in [-0.2, 0) is 4.79 Å². The summed E-state index contributed by atoms with van der Waals surface area (Å²) in [5.74, 6) is -0.0814. The van der Waals surface area contributed by atoms with Gasteiger partial charge in [0.2, 0.25) is 5.91 Å². The van der Waals surface area contributed by atoms with Crippen molar-refractivity contribution in [2.75, 3.05) is 5.32 Å². The number of amides is 1. The first kappa shape index (κ1) is 13.7. The maximum Gasteiger partial charge on any atom is 0.226 e. The number of thiophene rings is 1. The number of anilines is 1.